The molecule has 0 bridgehead atoms. The van der Waals surface area contributed by atoms with Crippen molar-refractivity contribution in [2.24, 2.45) is 10.9 Å². The molecule has 0 atom stereocenters. The van der Waals surface area contributed by atoms with E-state index in [1.807, 2.05) is 30.5 Å². The largest absolute Gasteiger partial charge is 0.438 e. The first-order valence-electron chi connectivity index (χ1n) is 5.35. The number of amidine groups is 1. The summed E-state index contributed by atoms with van der Waals surface area (Å²) in [6, 6.07) is 7.62. The summed E-state index contributed by atoms with van der Waals surface area (Å²) in [5, 5.41) is 11.3. The van der Waals surface area contributed by atoms with Gasteiger partial charge in [-0.2, -0.15) is 0 Å². The Labute approximate surface area is 114 Å². The highest BCUT2D eigenvalue weighted by atomic mass is 32.2. The molecule has 6 nitrogen and oxygen atoms in total. The molecular formula is C12H12N4O2S. The first-order chi connectivity index (χ1) is 9.22. The molecule has 1 aromatic carbocycles. The van der Waals surface area contributed by atoms with Crippen molar-refractivity contribution in [1.29, 1.82) is 0 Å². The highest BCUT2D eigenvalue weighted by Gasteiger charge is 2.04. The molecule has 2 aromatic rings. The average Bonchev–Trinajstić information content (AvgIpc) is 2.48. The van der Waals surface area contributed by atoms with Gasteiger partial charge in [-0.15, -0.1) is 11.8 Å². The SMILES string of the molecule is CSc1ccc(Oc2cnc(C(N)=NO)cn2)cc1. The third-order valence-corrected chi connectivity index (χ3v) is 3.02. The number of thioether (sulfide) groups is 1. The first-order valence-corrected chi connectivity index (χ1v) is 6.57. The van der Waals surface area contributed by atoms with Crippen LogP contribution in [-0.4, -0.2) is 27.3 Å². The molecule has 0 aliphatic carbocycles. The van der Waals surface area contributed by atoms with Gasteiger partial charge in [-0.3, -0.25) is 0 Å². The van der Waals surface area contributed by atoms with Gasteiger partial charge in [-0.25, -0.2) is 9.97 Å². The number of rotatable bonds is 4. The van der Waals surface area contributed by atoms with Crippen LogP contribution in [0.25, 0.3) is 0 Å². The van der Waals surface area contributed by atoms with E-state index < -0.39 is 0 Å². The second-order valence-corrected chi connectivity index (χ2v) is 4.38. The van der Waals surface area contributed by atoms with Gasteiger partial charge in [0, 0.05) is 4.90 Å². The summed E-state index contributed by atoms with van der Waals surface area (Å²) in [4.78, 5) is 9.15. The number of hydrogen-bond acceptors (Lipinski definition) is 6. The molecule has 0 saturated heterocycles. The van der Waals surface area contributed by atoms with E-state index in [0.29, 0.717) is 11.6 Å². The maximum absolute atomic E-state index is 8.50. The van der Waals surface area contributed by atoms with E-state index in [1.165, 1.54) is 12.4 Å². The lowest BCUT2D eigenvalue weighted by atomic mass is 10.3. The molecule has 0 saturated carbocycles. The number of benzene rings is 1. The first kappa shape index (κ1) is 13.2. The average molecular weight is 276 g/mol. The maximum Gasteiger partial charge on any atom is 0.237 e. The summed E-state index contributed by atoms with van der Waals surface area (Å²) in [6.07, 6.45) is 4.80. The van der Waals surface area contributed by atoms with Crippen LogP contribution >= 0.6 is 11.8 Å². The molecule has 0 radical (unpaired) electrons. The Morgan fingerprint density at radius 1 is 1.26 bits per heavy atom. The molecule has 1 heterocycles. The van der Waals surface area contributed by atoms with Crippen molar-refractivity contribution < 1.29 is 9.94 Å². The number of ether oxygens (including phenoxy) is 1. The number of oxime groups is 1. The highest BCUT2D eigenvalue weighted by Crippen LogP contribution is 2.22. The van der Waals surface area contributed by atoms with Crippen LogP contribution in [0.3, 0.4) is 0 Å². The summed E-state index contributed by atoms with van der Waals surface area (Å²) < 4.78 is 5.52. The summed E-state index contributed by atoms with van der Waals surface area (Å²) in [5.41, 5.74) is 5.67. The van der Waals surface area contributed by atoms with Crippen LogP contribution in [0.4, 0.5) is 0 Å². The fourth-order valence-corrected chi connectivity index (χ4v) is 1.73. The van der Waals surface area contributed by atoms with E-state index in [2.05, 4.69) is 15.1 Å². The van der Waals surface area contributed by atoms with Crippen molar-refractivity contribution in [3.63, 3.8) is 0 Å². The minimum absolute atomic E-state index is 0.0941. The summed E-state index contributed by atoms with van der Waals surface area (Å²) in [5.74, 6) is 0.915. The molecule has 19 heavy (non-hydrogen) atoms. The van der Waals surface area contributed by atoms with E-state index in [0.717, 1.165) is 4.90 Å². The predicted octanol–water partition coefficient (Wildman–Crippen LogP) is 2.09. The van der Waals surface area contributed by atoms with Crippen LogP contribution in [0.5, 0.6) is 11.6 Å². The van der Waals surface area contributed by atoms with Crippen LogP contribution in [-0.2, 0) is 0 Å². The molecular weight excluding hydrogens is 264 g/mol. The van der Waals surface area contributed by atoms with Gasteiger partial charge >= 0.3 is 0 Å². The standard InChI is InChI=1S/C12H12N4O2S/c1-19-9-4-2-8(3-5-9)18-11-7-14-10(6-15-11)12(13)16-17/h2-7,17H,1H3,(H2,13,16). The smallest absolute Gasteiger partial charge is 0.237 e. The Bertz CT molecular complexity index is 569. The van der Waals surface area contributed by atoms with Gasteiger partial charge in [0.25, 0.3) is 0 Å². The van der Waals surface area contributed by atoms with Crippen molar-refractivity contribution in [2.45, 2.75) is 4.90 Å². The number of aromatic nitrogens is 2. The normalized spacial score (nSPS) is 11.3. The van der Waals surface area contributed by atoms with E-state index in [9.17, 15) is 0 Å². The van der Waals surface area contributed by atoms with E-state index in [1.54, 1.807) is 11.8 Å². The summed E-state index contributed by atoms with van der Waals surface area (Å²) in [7, 11) is 0. The van der Waals surface area contributed by atoms with E-state index in [-0.39, 0.29) is 11.5 Å². The number of nitrogens with two attached hydrogens (primary N) is 1. The molecule has 0 aliphatic rings. The number of nitrogens with zero attached hydrogens (tertiary/aromatic N) is 3. The molecule has 0 aliphatic heterocycles. The van der Waals surface area contributed by atoms with Crippen LogP contribution in [0.15, 0.2) is 46.7 Å². The van der Waals surface area contributed by atoms with Gasteiger partial charge < -0.3 is 15.7 Å². The Balaban J connectivity index is 2.10. The molecule has 3 N–H and O–H groups in total. The second-order valence-electron chi connectivity index (χ2n) is 3.50. The Morgan fingerprint density at radius 2 is 2.00 bits per heavy atom. The molecule has 98 valence electrons. The fourth-order valence-electron chi connectivity index (χ4n) is 1.32. The third kappa shape index (κ3) is 3.35. The maximum atomic E-state index is 8.50. The third-order valence-electron chi connectivity index (χ3n) is 2.28. The van der Waals surface area contributed by atoms with Gasteiger partial charge in [-0.1, -0.05) is 5.16 Å². The molecule has 0 unspecified atom stereocenters. The van der Waals surface area contributed by atoms with Gasteiger partial charge in [0.05, 0.1) is 12.4 Å². The molecule has 0 spiro atoms. The van der Waals surface area contributed by atoms with Gasteiger partial charge in [0.15, 0.2) is 5.84 Å². The van der Waals surface area contributed by atoms with E-state index in [4.69, 9.17) is 15.7 Å². The minimum atomic E-state index is -0.0941. The van der Waals surface area contributed by atoms with Crippen LogP contribution in [0.2, 0.25) is 0 Å². The second kappa shape index (κ2) is 6.05. The van der Waals surface area contributed by atoms with Crippen molar-refractivity contribution in [1.82, 2.24) is 9.97 Å². The summed E-state index contributed by atoms with van der Waals surface area (Å²) >= 11 is 1.66. The summed E-state index contributed by atoms with van der Waals surface area (Å²) in [6.45, 7) is 0. The fraction of sp³-hybridized carbons (Fsp3) is 0.0833. The Kier molecular flexibility index (Phi) is 4.19. The van der Waals surface area contributed by atoms with E-state index >= 15 is 0 Å². The zero-order chi connectivity index (χ0) is 13.7. The zero-order valence-corrected chi connectivity index (χ0v) is 11.0. The lowest BCUT2D eigenvalue weighted by Gasteiger charge is -2.05. The zero-order valence-electron chi connectivity index (χ0n) is 10.1. The Morgan fingerprint density at radius 3 is 2.53 bits per heavy atom. The van der Waals surface area contributed by atoms with Crippen molar-refractivity contribution >= 4 is 17.6 Å². The molecule has 0 fully saturated rings. The number of hydrogen-bond donors (Lipinski definition) is 2. The molecule has 1 aromatic heterocycles. The molecule has 0 amide bonds. The van der Waals surface area contributed by atoms with Gasteiger partial charge in [0.1, 0.15) is 11.4 Å². The molecule has 2 rings (SSSR count). The van der Waals surface area contributed by atoms with Crippen molar-refractivity contribution in [3.05, 3.63) is 42.4 Å². The molecule has 7 heteroatoms. The van der Waals surface area contributed by atoms with Crippen molar-refractivity contribution in [2.75, 3.05) is 6.26 Å². The van der Waals surface area contributed by atoms with Gasteiger partial charge in [-0.05, 0) is 30.5 Å². The predicted molar refractivity (Wildman–Crippen MR) is 72.8 cm³/mol. The quantitative estimate of drug-likeness (QED) is 0.292. The highest BCUT2D eigenvalue weighted by molar-refractivity contribution is 7.98. The van der Waals surface area contributed by atoms with Crippen LogP contribution in [0, 0.1) is 0 Å². The minimum Gasteiger partial charge on any atom is -0.438 e. The van der Waals surface area contributed by atoms with Crippen molar-refractivity contribution in [3.8, 4) is 11.6 Å². The van der Waals surface area contributed by atoms with Crippen LogP contribution in [0.1, 0.15) is 5.69 Å². The topological polar surface area (TPSA) is 93.6 Å². The monoisotopic (exact) mass is 276 g/mol. The van der Waals surface area contributed by atoms with Gasteiger partial charge in [0.2, 0.25) is 5.88 Å². The lowest BCUT2D eigenvalue weighted by molar-refractivity contribution is 0.318. The van der Waals surface area contributed by atoms with Crippen LogP contribution < -0.4 is 10.5 Å². The lowest BCUT2D eigenvalue weighted by Crippen LogP contribution is -2.15. The Hall–Kier alpha value is -2.28.